The van der Waals surface area contributed by atoms with E-state index in [1.54, 1.807) is 39.5 Å². The fourth-order valence-corrected chi connectivity index (χ4v) is 3.25. The number of aromatic nitrogens is 2. The Hall–Kier alpha value is -3.55. The van der Waals surface area contributed by atoms with E-state index in [-0.39, 0.29) is 12.5 Å². The first-order chi connectivity index (χ1) is 15.4. The number of hydrogen-bond acceptors (Lipinski definition) is 7. The van der Waals surface area contributed by atoms with Gasteiger partial charge in [0.25, 0.3) is 5.91 Å². The van der Waals surface area contributed by atoms with Gasteiger partial charge in [0, 0.05) is 13.1 Å². The first kappa shape index (κ1) is 23.1. The van der Waals surface area contributed by atoms with Crippen molar-refractivity contribution in [3.05, 3.63) is 53.4 Å². The van der Waals surface area contributed by atoms with Crippen LogP contribution in [0.3, 0.4) is 0 Å². The lowest BCUT2D eigenvalue weighted by Gasteiger charge is -2.23. The highest BCUT2D eigenvalue weighted by Crippen LogP contribution is 2.31. The second-order valence-corrected chi connectivity index (χ2v) is 7.49. The predicted molar refractivity (Wildman–Crippen MR) is 120 cm³/mol. The van der Waals surface area contributed by atoms with Gasteiger partial charge in [0.05, 0.1) is 26.3 Å². The van der Waals surface area contributed by atoms with Crippen molar-refractivity contribution in [3.8, 4) is 28.6 Å². The number of rotatable bonds is 9. The monoisotopic (exact) mass is 439 g/mol. The summed E-state index contributed by atoms with van der Waals surface area (Å²) in [7, 11) is 4.84. The van der Waals surface area contributed by atoms with Crippen LogP contribution in [0.5, 0.6) is 17.2 Å². The molecule has 170 valence electrons. The van der Waals surface area contributed by atoms with Crippen molar-refractivity contribution >= 4 is 5.91 Å². The lowest BCUT2D eigenvalue weighted by Crippen LogP contribution is -2.39. The molecule has 8 nitrogen and oxygen atoms in total. The Balaban J connectivity index is 1.72. The smallest absolute Gasteiger partial charge is 0.263 e. The summed E-state index contributed by atoms with van der Waals surface area (Å²) in [6.07, 6.45) is -0.0705. The van der Waals surface area contributed by atoms with Crippen molar-refractivity contribution in [3.63, 3.8) is 0 Å². The molecule has 8 heteroatoms. The Morgan fingerprint density at radius 2 is 1.91 bits per heavy atom. The van der Waals surface area contributed by atoms with Crippen molar-refractivity contribution in [1.82, 2.24) is 15.0 Å². The molecule has 0 N–H and O–H groups in total. The molecule has 1 atom stereocenters. The van der Waals surface area contributed by atoms with Crippen LogP contribution in [0.15, 0.2) is 40.9 Å². The lowest BCUT2D eigenvalue weighted by molar-refractivity contribution is -0.138. The third-order valence-electron chi connectivity index (χ3n) is 5.34. The molecule has 0 saturated carbocycles. The van der Waals surface area contributed by atoms with E-state index >= 15 is 0 Å². The van der Waals surface area contributed by atoms with Gasteiger partial charge in [-0.05, 0) is 49.6 Å². The van der Waals surface area contributed by atoms with E-state index < -0.39 is 6.10 Å². The molecule has 0 spiro atoms. The lowest BCUT2D eigenvalue weighted by atomic mass is 10.1. The largest absolute Gasteiger partial charge is 0.497 e. The van der Waals surface area contributed by atoms with Gasteiger partial charge in [-0.25, -0.2) is 0 Å². The Labute approximate surface area is 188 Å². The minimum absolute atomic E-state index is 0.157. The van der Waals surface area contributed by atoms with Gasteiger partial charge < -0.3 is 23.6 Å². The van der Waals surface area contributed by atoms with Crippen LogP contribution >= 0.6 is 0 Å². The average Bonchev–Trinajstić information content (AvgIpc) is 3.27. The van der Waals surface area contributed by atoms with Crippen molar-refractivity contribution in [2.24, 2.45) is 0 Å². The number of carbonyl (C=O) groups excluding carboxylic acids is 1. The first-order valence-electron chi connectivity index (χ1n) is 10.4. The Morgan fingerprint density at radius 3 is 2.59 bits per heavy atom. The summed E-state index contributed by atoms with van der Waals surface area (Å²) in [6, 6.07) is 11.2. The molecule has 0 saturated heterocycles. The Kier molecular flexibility index (Phi) is 7.35. The number of likely N-dealkylation sites (N-methyl/N-ethyl adjacent to an activating group) is 1. The molecule has 2 aromatic carbocycles. The van der Waals surface area contributed by atoms with E-state index in [0.717, 1.165) is 11.1 Å². The highest BCUT2D eigenvalue weighted by Gasteiger charge is 2.25. The molecule has 0 aliphatic carbocycles. The van der Waals surface area contributed by atoms with Gasteiger partial charge in [-0.2, -0.15) is 4.98 Å². The van der Waals surface area contributed by atoms with E-state index in [4.69, 9.17) is 18.7 Å². The van der Waals surface area contributed by atoms with E-state index in [1.165, 1.54) is 4.90 Å². The number of carbonyl (C=O) groups is 1. The topological polar surface area (TPSA) is 86.9 Å². The normalized spacial score (nSPS) is 11.7. The molecule has 32 heavy (non-hydrogen) atoms. The maximum Gasteiger partial charge on any atom is 0.263 e. The van der Waals surface area contributed by atoms with Crippen molar-refractivity contribution in [2.45, 2.75) is 39.8 Å². The number of nitrogens with zero attached hydrogens (tertiary/aromatic N) is 3. The number of amides is 1. The summed E-state index contributed by atoms with van der Waals surface area (Å²) in [5.74, 6) is 2.47. The van der Waals surface area contributed by atoms with Crippen LogP contribution in [-0.4, -0.2) is 48.3 Å². The zero-order chi connectivity index (χ0) is 23.3. The molecule has 0 aliphatic rings. The molecule has 1 unspecified atom stereocenters. The van der Waals surface area contributed by atoms with Crippen LogP contribution in [0.4, 0.5) is 0 Å². The zero-order valence-corrected chi connectivity index (χ0v) is 19.3. The van der Waals surface area contributed by atoms with Gasteiger partial charge in [-0.3, -0.25) is 4.79 Å². The van der Waals surface area contributed by atoms with E-state index in [1.807, 2.05) is 39.0 Å². The maximum atomic E-state index is 13.0. The molecule has 0 bridgehead atoms. The highest BCUT2D eigenvalue weighted by atomic mass is 16.5. The molecule has 0 fully saturated rings. The van der Waals surface area contributed by atoms with E-state index in [9.17, 15) is 4.79 Å². The van der Waals surface area contributed by atoms with Crippen LogP contribution in [-0.2, 0) is 11.3 Å². The Bertz CT molecular complexity index is 1080. The molecular weight excluding hydrogens is 410 g/mol. The van der Waals surface area contributed by atoms with E-state index in [2.05, 4.69) is 10.1 Å². The number of hydrogen-bond donors (Lipinski definition) is 0. The predicted octanol–water partition coefficient (Wildman–Crippen LogP) is 4.19. The molecule has 1 amide bonds. The van der Waals surface area contributed by atoms with Crippen molar-refractivity contribution < 1.29 is 23.5 Å². The SMILES string of the molecule is CCC(Oc1cccc(C)c1C)C(=O)N(C)Cc1nc(-c2ccc(OC)cc2OC)no1. The summed E-state index contributed by atoms with van der Waals surface area (Å²) in [5, 5.41) is 4.04. The third-order valence-corrected chi connectivity index (χ3v) is 5.34. The molecule has 0 radical (unpaired) electrons. The summed E-state index contributed by atoms with van der Waals surface area (Å²) < 4.78 is 22.0. The maximum absolute atomic E-state index is 13.0. The quantitative estimate of drug-likeness (QED) is 0.494. The number of aryl methyl sites for hydroxylation is 1. The summed E-state index contributed by atoms with van der Waals surface area (Å²) in [6.45, 7) is 6.08. The second kappa shape index (κ2) is 10.2. The third kappa shape index (κ3) is 5.01. The van der Waals surface area contributed by atoms with Crippen molar-refractivity contribution in [1.29, 1.82) is 0 Å². The summed E-state index contributed by atoms with van der Waals surface area (Å²) >= 11 is 0. The zero-order valence-electron chi connectivity index (χ0n) is 19.3. The molecular formula is C24H29N3O5. The molecule has 3 rings (SSSR count). The molecule has 1 aromatic heterocycles. The second-order valence-electron chi connectivity index (χ2n) is 7.49. The van der Waals surface area contributed by atoms with Gasteiger partial charge in [0.15, 0.2) is 6.10 Å². The summed E-state index contributed by atoms with van der Waals surface area (Å²) in [4.78, 5) is 19.0. The molecule has 3 aromatic rings. The highest BCUT2D eigenvalue weighted by molar-refractivity contribution is 5.81. The minimum atomic E-state index is -0.607. The van der Waals surface area contributed by atoms with Crippen LogP contribution in [0, 0.1) is 13.8 Å². The standard InChI is InChI=1S/C24H29N3O5/c1-7-19(31-20-10-8-9-15(2)16(20)3)24(28)27(4)14-22-25-23(26-32-22)18-12-11-17(29-5)13-21(18)30-6/h8-13,19H,7,14H2,1-6H3. The van der Waals surface area contributed by atoms with Gasteiger partial charge in [-0.1, -0.05) is 24.2 Å². The van der Waals surface area contributed by atoms with Gasteiger partial charge in [-0.15, -0.1) is 0 Å². The van der Waals surface area contributed by atoms with Gasteiger partial charge in [0.2, 0.25) is 11.7 Å². The van der Waals surface area contributed by atoms with E-state index in [0.29, 0.717) is 40.9 Å². The summed E-state index contributed by atoms with van der Waals surface area (Å²) in [5.41, 5.74) is 2.81. The molecule has 0 aliphatic heterocycles. The number of benzene rings is 2. The number of ether oxygens (including phenoxy) is 3. The van der Waals surface area contributed by atoms with Crippen LogP contribution < -0.4 is 14.2 Å². The van der Waals surface area contributed by atoms with Gasteiger partial charge in [0.1, 0.15) is 17.2 Å². The first-order valence-corrected chi connectivity index (χ1v) is 10.4. The fourth-order valence-electron chi connectivity index (χ4n) is 3.25. The van der Waals surface area contributed by atoms with Crippen LogP contribution in [0.2, 0.25) is 0 Å². The van der Waals surface area contributed by atoms with Gasteiger partial charge >= 0.3 is 0 Å². The molecule has 1 heterocycles. The fraction of sp³-hybridized carbons (Fsp3) is 0.375. The average molecular weight is 440 g/mol. The Morgan fingerprint density at radius 1 is 1.12 bits per heavy atom. The minimum Gasteiger partial charge on any atom is -0.497 e. The van der Waals surface area contributed by atoms with Crippen LogP contribution in [0.25, 0.3) is 11.4 Å². The number of methoxy groups -OCH3 is 2. The van der Waals surface area contributed by atoms with Crippen LogP contribution in [0.1, 0.15) is 30.4 Å². The van der Waals surface area contributed by atoms with Crippen molar-refractivity contribution in [2.75, 3.05) is 21.3 Å².